The Hall–Kier alpha value is -2.61. The molecule has 2 aromatic carbocycles. The van der Waals surface area contributed by atoms with Crippen molar-refractivity contribution in [3.63, 3.8) is 0 Å². The van der Waals surface area contributed by atoms with Crippen LogP contribution in [0, 0.1) is 11.8 Å². The van der Waals surface area contributed by atoms with Gasteiger partial charge in [-0.3, -0.25) is 4.79 Å². The molecule has 40 heavy (non-hydrogen) atoms. The second-order valence-corrected chi connectivity index (χ2v) is 11.6. The van der Waals surface area contributed by atoms with E-state index in [1.165, 1.54) is 0 Å². The van der Waals surface area contributed by atoms with E-state index in [1.807, 2.05) is 30.3 Å². The first-order valence-electron chi connectivity index (χ1n) is 14.9. The number of nitrogens with one attached hydrogen (secondary N) is 1. The Morgan fingerprint density at radius 1 is 1.02 bits per heavy atom. The molecular weight excluding hydrogens is 504 g/mol. The van der Waals surface area contributed by atoms with Gasteiger partial charge in [0.05, 0.1) is 25.2 Å². The van der Waals surface area contributed by atoms with Crippen LogP contribution in [0.25, 0.3) is 0 Å². The van der Waals surface area contributed by atoms with Crippen molar-refractivity contribution in [2.75, 3.05) is 34.0 Å². The summed E-state index contributed by atoms with van der Waals surface area (Å²) >= 11 is 0. The van der Waals surface area contributed by atoms with Gasteiger partial charge in [0.15, 0.2) is 11.5 Å². The fourth-order valence-electron chi connectivity index (χ4n) is 5.82. The van der Waals surface area contributed by atoms with Crippen LogP contribution >= 0.6 is 0 Å². The fourth-order valence-corrected chi connectivity index (χ4v) is 5.82. The molecule has 0 aromatic heterocycles. The molecule has 0 heterocycles. The molecule has 3 rings (SSSR count). The molecule has 7 heteroatoms. The summed E-state index contributed by atoms with van der Waals surface area (Å²) in [7, 11) is 3.32. The first-order valence-corrected chi connectivity index (χ1v) is 14.9. The summed E-state index contributed by atoms with van der Waals surface area (Å²) in [5.41, 5.74) is 8.20. The van der Waals surface area contributed by atoms with E-state index in [0.717, 1.165) is 61.8 Å². The zero-order chi connectivity index (χ0) is 29.0. The van der Waals surface area contributed by atoms with Crippen molar-refractivity contribution in [3.8, 4) is 11.5 Å². The van der Waals surface area contributed by atoms with E-state index in [0.29, 0.717) is 31.3 Å². The van der Waals surface area contributed by atoms with Gasteiger partial charge in [0.25, 0.3) is 0 Å². The van der Waals surface area contributed by atoms with Gasteiger partial charge in [-0.05, 0) is 60.8 Å². The Bertz CT molecular complexity index is 1020. The quantitative estimate of drug-likeness (QED) is 0.252. The van der Waals surface area contributed by atoms with E-state index in [4.69, 9.17) is 19.9 Å². The molecule has 0 spiro atoms. The molecule has 0 radical (unpaired) electrons. The monoisotopic (exact) mass is 554 g/mol. The first kappa shape index (κ1) is 31.9. The van der Waals surface area contributed by atoms with Crippen molar-refractivity contribution in [3.05, 3.63) is 59.7 Å². The Labute approximate surface area is 240 Å². The third-order valence-corrected chi connectivity index (χ3v) is 8.43. The van der Waals surface area contributed by atoms with Crippen LogP contribution < -0.4 is 20.5 Å². The van der Waals surface area contributed by atoms with Gasteiger partial charge in [-0.25, -0.2) is 0 Å². The van der Waals surface area contributed by atoms with Crippen molar-refractivity contribution in [2.24, 2.45) is 17.6 Å². The predicted molar refractivity (Wildman–Crippen MR) is 160 cm³/mol. The van der Waals surface area contributed by atoms with Crippen LogP contribution in [0.4, 0.5) is 0 Å². The normalized spacial score (nSPS) is 17.2. The Balaban J connectivity index is 1.60. The molecule has 0 bridgehead atoms. The predicted octanol–water partition coefficient (Wildman–Crippen LogP) is 5.02. The molecule has 7 nitrogen and oxygen atoms in total. The average molecular weight is 555 g/mol. The van der Waals surface area contributed by atoms with E-state index in [1.54, 1.807) is 14.2 Å². The average Bonchev–Trinajstić information content (AvgIpc) is 2.98. The molecule has 1 saturated carbocycles. The Morgan fingerprint density at radius 2 is 1.75 bits per heavy atom. The van der Waals surface area contributed by atoms with E-state index >= 15 is 0 Å². The van der Waals surface area contributed by atoms with Crippen LogP contribution in [0.5, 0.6) is 11.5 Å². The second kappa shape index (κ2) is 16.0. The van der Waals surface area contributed by atoms with Crippen molar-refractivity contribution in [1.82, 2.24) is 5.32 Å². The van der Waals surface area contributed by atoms with Crippen LogP contribution in [0.2, 0.25) is 0 Å². The molecule has 1 aliphatic carbocycles. The fraction of sp³-hybridized carbons (Fsp3) is 0.606. The number of aliphatic hydroxyl groups excluding tert-OH is 1. The second-order valence-electron chi connectivity index (χ2n) is 11.6. The molecule has 3 atom stereocenters. The first-order chi connectivity index (χ1) is 19.3. The van der Waals surface area contributed by atoms with Crippen LogP contribution in [0.3, 0.4) is 0 Å². The van der Waals surface area contributed by atoms with E-state index < -0.39 is 17.6 Å². The zero-order valence-electron chi connectivity index (χ0n) is 24.9. The molecule has 222 valence electrons. The highest BCUT2D eigenvalue weighted by molar-refractivity contribution is 5.88. The maximum atomic E-state index is 13.5. The van der Waals surface area contributed by atoms with Gasteiger partial charge in [0.2, 0.25) is 5.91 Å². The smallest absolute Gasteiger partial charge is 0.230 e. The molecule has 1 amide bonds. The number of amides is 1. The van der Waals surface area contributed by atoms with Gasteiger partial charge in [-0.2, -0.15) is 0 Å². The standard InChI is InChI=1S/C33H50N2O5/c1-24(2)26(20-25-14-15-30(39-4)31(21-25)40-19-11-18-38-3)22-28(34)29(36)23-35-32(37)33(16-9-6-10-17-33)27-12-7-5-8-13-27/h5,7-8,12-15,21,24,26,28-29,36H,6,9-11,16-20,22-23,34H2,1-4H3,(H,35,37)/t26?,28-,29-/m0/s1. The number of aliphatic hydroxyl groups is 1. The maximum absolute atomic E-state index is 13.5. The van der Waals surface area contributed by atoms with Gasteiger partial charge in [0, 0.05) is 32.7 Å². The van der Waals surface area contributed by atoms with Gasteiger partial charge >= 0.3 is 0 Å². The number of ether oxygens (including phenoxy) is 3. The third-order valence-electron chi connectivity index (χ3n) is 8.43. The van der Waals surface area contributed by atoms with Crippen molar-refractivity contribution < 1.29 is 24.1 Å². The largest absolute Gasteiger partial charge is 0.493 e. The molecule has 0 aliphatic heterocycles. The highest BCUT2D eigenvalue weighted by atomic mass is 16.5. The minimum absolute atomic E-state index is 0.00122. The highest BCUT2D eigenvalue weighted by Crippen LogP contribution is 2.39. The minimum atomic E-state index is -0.822. The van der Waals surface area contributed by atoms with Gasteiger partial charge in [-0.1, -0.05) is 69.5 Å². The number of hydrogen-bond donors (Lipinski definition) is 3. The number of hydrogen-bond acceptors (Lipinski definition) is 6. The van der Waals surface area contributed by atoms with Crippen molar-refractivity contribution >= 4 is 5.91 Å². The number of rotatable bonds is 16. The van der Waals surface area contributed by atoms with Crippen molar-refractivity contribution in [1.29, 1.82) is 0 Å². The molecule has 1 unspecified atom stereocenters. The minimum Gasteiger partial charge on any atom is -0.493 e. The summed E-state index contributed by atoms with van der Waals surface area (Å²) < 4.78 is 16.6. The number of methoxy groups -OCH3 is 2. The van der Waals surface area contributed by atoms with E-state index in [9.17, 15) is 9.90 Å². The lowest BCUT2D eigenvalue weighted by Gasteiger charge is -2.37. The highest BCUT2D eigenvalue weighted by Gasteiger charge is 2.41. The summed E-state index contributed by atoms with van der Waals surface area (Å²) in [6.45, 7) is 5.72. The molecule has 2 aromatic rings. The summed E-state index contributed by atoms with van der Waals surface area (Å²) in [6, 6.07) is 15.7. The maximum Gasteiger partial charge on any atom is 0.230 e. The van der Waals surface area contributed by atoms with E-state index in [-0.39, 0.29) is 18.4 Å². The van der Waals surface area contributed by atoms with Crippen LogP contribution in [0.1, 0.15) is 69.9 Å². The lowest BCUT2D eigenvalue weighted by atomic mass is 9.68. The van der Waals surface area contributed by atoms with Crippen molar-refractivity contribution in [2.45, 2.75) is 82.8 Å². The topological polar surface area (TPSA) is 103 Å². The van der Waals surface area contributed by atoms with Gasteiger partial charge in [-0.15, -0.1) is 0 Å². The van der Waals surface area contributed by atoms with Crippen LogP contribution in [-0.4, -0.2) is 57.1 Å². The zero-order valence-corrected chi connectivity index (χ0v) is 24.9. The molecule has 1 fully saturated rings. The summed E-state index contributed by atoms with van der Waals surface area (Å²) in [5, 5.41) is 14.0. The summed E-state index contributed by atoms with van der Waals surface area (Å²) in [5.74, 6) is 2.05. The van der Waals surface area contributed by atoms with E-state index in [2.05, 4.69) is 37.4 Å². The van der Waals surface area contributed by atoms with Gasteiger partial charge < -0.3 is 30.4 Å². The molecule has 0 saturated heterocycles. The summed E-state index contributed by atoms with van der Waals surface area (Å²) in [6.07, 6.45) is 6.32. The SMILES string of the molecule is COCCCOc1cc(CC(C[C@H](N)[C@@H](O)CNC(=O)C2(c3ccccc3)CCCCC2)C(C)C)ccc1OC. The Morgan fingerprint density at radius 3 is 2.40 bits per heavy atom. The third kappa shape index (κ3) is 8.69. The number of benzene rings is 2. The van der Waals surface area contributed by atoms with Crippen LogP contribution in [-0.2, 0) is 21.4 Å². The van der Waals surface area contributed by atoms with Crippen LogP contribution in [0.15, 0.2) is 48.5 Å². The summed E-state index contributed by atoms with van der Waals surface area (Å²) in [4.78, 5) is 13.5. The molecular formula is C33H50N2O5. The number of carbonyl (C=O) groups is 1. The lowest BCUT2D eigenvalue weighted by Crippen LogP contribution is -2.50. The number of nitrogens with two attached hydrogens (primary N) is 1. The Kier molecular flexibility index (Phi) is 12.8. The lowest BCUT2D eigenvalue weighted by molar-refractivity contribution is -0.128. The molecule has 1 aliphatic rings. The number of carbonyl (C=O) groups excluding carboxylic acids is 1. The van der Waals surface area contributed by atoms with Gasteiger partial charge in [0.1, 0.15) is 0 Å². The molecule has 4 N–H and O–H groups in total.